The summed E-state index contributed by atoms with van der Waals surface area (Å²) >= 11 is 0. The standard InChI is InChI=1S/C26H34N2O4/c1-3-5-8-19-30-24-15-11-22(12-16-24)27-28-23-13-17-25(18-14-23)31-20-9-6-7-10-21-32-26(29)4-2/h4,11-18H,2-3,5-10,19-21H2,1H3. The summed E-state index contributed by atoms with van der Waals surface area (Å²) in [5.41, 5.74) is 1.55. The molecule has 2 aromatic carbocycles. The van der Waals surface area contributed by atoms with Crippen LogP contribution in [0.4, 0.5) is 11.4 Å². The lowest BCUT2D eigenvalue weighted by molar-refractivity contribution is -0.137. The Hall–Kier alpha value is -3.15. The molecule has 6 nitrogen and oxygen atoms in total. The molecule has 0 N–H and O–H groups in total. The van der Waals surface area contributed by atoms with Gasteiger partial charge in [-0.15, -0.1) is 0 Å². The molecular formula is C26H34N2O4. The van der Waals surface area contributed by atoms with Crippen LogP contribution >= 0.6 is 0 Å². The van der Waals surface area contributed by atoms with Crippen molar-refractivity contribution >= 4 is 17.3 Å². The van der Waals surface area contributed by atoms with Gasteiger partial charge in [0, 0.05) is 6.08 Å². The first-order chi connectivity index (χ1) is 15.7. The average molecular weight is 439 g/mol. The molecule has 2 rings (SSSR count). The van der Waals surface area contributed by atoms with Gasteiger partial charge in [0.15, 0.2) is 0 Å². The van der Waals surface area contributed by atoms with E-state index in [4.69, 9.17) is 14.2 Å². The molecule has 0 amide bonds. The zero-order valence-corrected chi connectivity index (χ0v) is 19.0. The Bertz CT molecular complexity index is 817. The third-order valence-corrected chi connectivity index (χ3v) is 4.69. The lowest BCUT2D eigenvalue weighted by Crippen LogP contribution is -2.02. The van der Waals surface area contributed by atoms with E-state index in [0.29, 0.717) is 13.2 Å². The fourth-order valence-corrected chi connectivity index (χ4v) is 2.85. The van der Waals surface area contributed by atoms with Gasteiger partial charge in [-0.1, -0.05) is 26.3 Å². The second-order valence-corrected chi connectivity index (χ2v) is 7.38. The number of unbranched alkanes of at least 4 members (excludes halogenated alkanes) is 5. The number of carbonyl (C=O) groups is 1. The van der Waals surface area contributed by atoms with Crippen LogP contribution in [-0.4, -0.2) is 25.8 Å². The molecule has 2 aromatic rings. The molecule has 0 atom stereocenters. The summed E-state index contributed by atoms with van der Waals surface area (Å²) < 4.78 is 16.4. The summed E-state index contributed by atoms with van der Waals surface area (Å²) in [6.07, 6.45) is 8.47. The molecule has 0 aliphatic carbocycles. The molecule has 0 heterocycles. The summed E-state index contributed by atoms with van der Waals surface area (Å²) in [4.78, 5) is 10.9. The van der Waals surface area contributed by atoms with E-state index in [1.807, 2.05) is 48.5 Å². The fraction of sp³-hybridized carbons (Fsp3) is 0.423. The van der Waals surface area contributed by atoms with Crippen LogP contribution in [0.25, 0.3) is 0 Å². The minimum absolute atomic E-state index is 0.364. The molecule has 0 radical (unpaired) electrons. The van der Waals surface area contributed by atoms with Gasteiger partial charge in [0.1, 0.15) is 11.5 Å². The molecule has 0 saturated carbocycles. The minimum Gasteiger partial charge on any atom is -0.494 e. The molecule has 0 bridgehead atoms. The van der Waals surface area contributed by atoms with E-state index >= 15 is 0 Å². The third-order valence-electron chi connectivity index (χ3n) is 4.69. The second kappa shape index (κ2) is 15.6. The van der Waals surface area contributed by atoms with Gasteiger partial charge in [0.2, 0.25) is 0 Å². The molecule has 0 saturated heterocycles. The largest absolute Gasteiger partial charge is 0.494 e. The first kappa shape index (κ1) is 25.1. The van der Waals surface area contributed by atoms with Crippen molar-refractivity contribution in [3.8, 4) is 11.5 Å². The van der Waals surface area contributed by atoms with Crippen LogP contribution in [0.1, 0.15) is 51.9 Å². The lowest BCUT2D eigenvalue weighted by Gasteiger charge is -2.06. The number of rotatable bonds is 16. The van der Waals surface area contributed by atoms with Crippen LogP contribution in [-0.2, 0) is 9.53 Å². The van der Waals surface area contributed by atoms with Crippen LogP contribution in [0, 0.1) is 0 Å². The van der Waals surface area contributed by atoms with Gasteiger partial charge in [-0.25, -0.2) is 4.79 Å². The van der Waals surface area contributed by atoms with Crippen LogP contribution in [0.3, 0.4) is 0 Å². The van der Waals surface area contributed by atoms with Gasteiger partial charge < -0.3 is 14.2 Å². The van der Waals surface area contributed by atoms with Crippen LogP contribution in [0.5, 0.6) is 11.5 Å². The highest BCUT2D eigenvalue weighted by Crippen LogP contribution is 2.23. The van der Waals surface area contributed by atoms with Gasteiger partial charge in [-0.05, 0) is 80.6 Å². The maximum Gasteiger partial charge on any atom is 0.330 e. The van der Waals surface area contributed by atoms with Crippen molar-refractivity contribution in [2.24, 2.45) is 10.2 Å². The summed E-state index contributed by atoms with van der Waals surface area (Å²) in [6, 6.07) is 15.2. The lowest BCUT2D eigenvalue weighted by atomic mass is 10.2. The van der Waals surface area contributed by atoms with Gasteiger partial charge in [-0.3, -0.25) is 0 Å². The van der Waals surface area contributed by atoms with Crippen molar-refractivity contribution in [2.75, 3.05) is 19.8 Å². The number of esters is 1. The Labute approximate surface area is 191 Å². The predicted octanol–water partition coefficient (Wildman–Crippen LogP) is 7.34. The monoisotopic (exact) mass is 438 g/mol. The molecule has 6 heteroatoms. The van der Waals surface area contributed by atoms with Crippen molar-refractivity contribution in [1.82, 2.24) is 0 Å². The fourth-order valence-electron chi connectivity index (χ4n) is 2.85. The number of hydrogen-bond donors (Lipinski definition) is 0. The maximum atomic E-state index is 10.9. The molecule has 0 aliphatic rings. The van der Waals surface area contributed by atoms with Crippen LogP contribution < -0.4 is 9.47 Å². The Morgan fingerprint density at radius 1 is 0.750 bits per heavy atom. The maximum absolute atomic E-state index is 10.9. The molecular weight excluding hydrogens is 404 g/mol. The molecule has 0 aliphatic heterocycles. The summed E-state index contributed by atoms with van der Waals surface area (Å²) in [6.45, 7) is 7.39. The highest BCUT2D eigenvalue weighted by Gasteiger charge is 1.99. The zero-order chi connectivity index (χ0) is 22.9. The Balaban J connectivity index is 1.63. The topological polar surface area (TPSA) is 69.5 Å². The molecule has 0 fully saturated rings. The highest BCUT2D eigenvalue weighted by molar-refractivity contribution is 5.81. The summed E-state index contributed by atoms with van der Waals surface area (Å²) in [5, 5.41) is 8.55. The second-order valence-electron chi connectivity index (χ2n) is 7.38. The average Bonchev–Trinajstić information content (AvgIpc) is 2.83. The van der Waals surface area contributed by atoms with E-state index < -0.39 is 0 Å². The first-order valence-corrected chi connectivity index (χ1v) is 11.4. The molecule has 0 aromatic heterocycles. The SMILES string of the molecule is C=CC(=O)OCCCCCCOc1ccc(N=Nc2ccc(OCCCCC)cc2)cc1. The van der Waals surface area contributed by atoms with E-state index in [0.717, 1.165) is 61.6 Å². The number of nitrogens with zero attached hydrogens (tertiary/aromatic N) is 2. The van der Waals surface area contributed by atoms with Gasteiger partial charge >= 0.3 is 5.97 Å². The first-order valence-electron chi connectivity index (χ1n) is 11.4. The molecule has 172 valence electrons. The normalized spacial score (nSPS) is 10.8. The number of benzene rings is 2. The Morgan fingerprint density at radius 2 is 1.22 bits per heavy atom. The van der Waals surface area contributed by atoms with Crippen molar-refractivity contribution in [3.63, 3.8) is 0 Å². The zero-order valence-electron chi connectivity index (χ0n) is 19.0. The van der Waals surface area contributed by atoms with Gasteiger partial charge in [0.25, 0.3) is 0 Å². The Morgan fingerprint density at radius 3 is 1.69 bits per heavy atom. The predicted molar refractivity (Wildman–Crippen MR) is 127 cm³/mol. The van der Waals surface area contributed by atoms with Crippen molar-refractivity contribution in [2.45, 2.75) is 51.9 Å². The Kier molecular flexibility index (Phi) is 12.3. The van der Waals surface area contributed by atoms with Crippen LogP contribution in [0.2, 0.25) is 0 Å². The van der Waals surface area contributed by atoms with Gasteiger partial charge in [0.05, 0.1) is 31.2 Å². The molecule has 0 unspecified atom stereocenters. The smallest absolute Gasteiger partial charge is 0.330 e. The van der Waals surface area contributed by atoms with E-state index in [1.165, 1.54) is 18.9 Å². The van der Waals surface area contributed by atoms with E-state index in [-0.39, 0.29) is 5.97 Å². The van der Waals surface area contributed by atoms with Crippen molar-refractivity contribution < 1.29 is 19.0 Å². The van der Waals surface area contributed by atoms with E-state index in [1.54, 1.807) is 0 Å². The number of hydrogen-bond acceptors (Lipinski definition) is 6. The molecule has 32 heavy (non-hydrogen) atoms. The third kappa shape index (κ3) is 10.8. The van der Waals surface area contributed by atoms with E-state index in [9.17, 15) is 4.79 Å². The van der Waals surface area contributed by atoms with Crippen LogP contribution in [0.15, 0.2) is 71.4 Å². The van der Waals surface area contributed by atoms with E-state index in [2.05, 4.69) is 23.7 Å². The number of ether oxygens (including phenoxy) is 3. The highest BCUT2D eigenvalue weighted by atomic mass is 16.5. The number of azo groups is 1. The molecule has 0 spiro atoms. The summed E-state index contributed by atoms with van der Waals surface area (Å²) in [5.74, 6) is 1.31. The van der Waals surface area contributed by atoms with Crippen molar-refractivity contribution in [1.29, 1.82) is 0 Å². The van der Waals surface area contributed by atoms with Crippen molar-refractivity contribution in [3.05, 3.63) is 61.2 Å². The number of carbonyl (C=O) groups excluding carboxylic acids is 1. The minimum atomic E-state index is -0.364. The van der Waals surface area contributed by atoms with Gasteiger partial charge in [-0.2, -0.15) is 10.2 Å². The summed E-state index contributed by atoms with van der Waals surface area (Å²) in [7, 11) is 0. The quantitative estimate of drug-likeness (QED) is 0.119.